The van der Waals surface area contributed by atoms with Gasteiger partial charge in [0.15, 0.2) is 0 Å². The number of benzene rings is 1. The standard InChI is InChI=1S/C18H23N5O2/c1-14(21-15-4-6-16(25-2)7-5-15)17(24)22-10-12-23(13-11-22)18-19-8-3-9-20-18/h3-9,14,21H,10-13H2,1-2H3. The predicted octanol–water partition coefficient (Wildman–Crippen LogP) is 1.63. The van der Waals surface area contributed by atoms with Crippen LogP contribution in [0.25, 0.3) is 0 Å². The summed E-state index contributed by atoms with van der Waals surface area (Å²) in [5.74, 6) is 1.62. The lowest BCUT2D eigenvalue weighted by Gasteiger charge is -2.36. The van der Waals surface area contributed by atoms with Gasteiger partial charge in [-0.05, 0) is 37.3 Å². The van der Waals surface area contributed by atoms with E-state index in [1.807, 2.05) is 36.1 Å². The number of aromatic nitrogens is 2. The molecule has 7 nitrogen and oxygen atoms in total. The summed E-state index contributed by atoms with van der Waals surface area (Å²) in [7, 11) is 1.63. The zero-order chi connectivity index (χ0) is 17.6. The van der Waals surface area contributed by atoms with E-state index in [-0.39, 0.29) is 11.9 Å². The highest BCUT2D eigenvalue weighted by Gasteiger charge is 2.25. The normalized spacial score (nSPS) is 15.6. The molecule has 1 fully saturated rings. The van der Waals surface area contributed by atoms with E-state index in [1.54, 1.807) is 25.6 Å². The van der Waals surface area contributed by atoms with Crippen molar-refractivity contribution in [3.05, 3.63) is 42.7 Å². The third-order valence-corrected chi connectivity index (χ3v) is 4.27. The fourth-order valence-corrected chi connectivity index (χ4v) is 2.85. The van der Waals surface area contributed by atoms with Crippen LogP contribution in [0.2, 0.25) is 0 Å². The molecule has 1 aromatic carbocycles. The molecule has 7 heteroatoms. The lowest BCUT2D eigenvalue weighted by molar-refractivity contribution is -0.131. The Balaban J connectivity index is 1.52. The van der Waals surface area contributed by atoms with Gasteiger partial charge in [0, 0.05) is 44.3 Å². The van der Waals surface area contributed by atoms with Crippen LogP contribution in [0.5, 0.6) is 5.75 Å². The molecule has 1 aliphatic rings. The molecule has 132 valence electrons. The Labute approximate surface area is 147 Å². The number of piperazine rings is 1. The van der Waals surface area contributed by atoms with Gasteiger partial charge in [0.1, 0.15) is 11.8 Å². The van der Waals surface area contributed by atoms with E-state index < -0.39 is 0 Å². The molecule has 1 N–H and O–H groups in total. The minimum absolute atomic E-state index is 0.101. The number of hydrogen-bond acceptors (Lipinski definition) is 6. The average Bonchev–Trinajstić information content (AvgIpc) is 2.69. The molecule has 0 bridgehead atoms. The van der Waals surface area contributed by atoms with Crippen molar-refractivity contribution in [3.8, 4) is 5.75 Å². The van der Waals surface area contributed by atoms with Gasteiger partial charge in [0.25, 0.3) is 0 Å². The minimum Gasteiger partial charge on any atom is -0.497 e. The van der Waals surface area contributed by atoms with Gasteiger partial charge in [-0.3, -0.25) is 4.79 Å². The fraction of sp³-hybridized carbons (Fsp3) is 0.389. The zero-order valence-corrected chi connectivity index (χ0v) is 14.6. The topological polar surface area (TPSA) is 70.6 Å². The van der Waals surface area contributed by atoms with E-state index in [2.05, 4.69) is 20.2 Å². The lowest BCUT2D eigenvalue weighted by Crippen LogP contribution is -2.52. The monoisotopic (exact) mass is 341 g/mol. The molecule has 1 unspecified atom stereocenters. The molecular weight excluding hydrogens is 318 g/mol. The van der Waals surface area contributed by atoms with Crippen LogP contribution in [0.1, 0.15) is 6.92 Å². The van der Waals surface area contributed by atoms with E-state index in [1.165, 1.54) is 0 Å². The Morgan fingerprint density at radius 1 is 1.12 bits per heavy atom. The Bertz CT molecular complexity index is 684. The van der Waals surface area contributed by atoms with E-state index in [9.17, 15) is 4.79 Å². The molecule has 25 heavy (non-hydrogen) atoms. The number of amides is 1. The molecule has 3 rings (SSSR count). The molecule has 1 amide bonds. The number of carbonyl (C=O) groups excluding carboxylic acids is 1. The summed E-state index contributed by atoms with van der Waals surface area (Å²) in [6.07, 6.45) is 3.47. The van der Waals surface area contributed by atoms with Crippen molar-refractivity contribution in [3.63, 3.8) is 0 Å². The Morgan fingerprint density at radius 2 is 1.76 bits per heavy atom. The molecule has 1 aromatic heterocycles. The molecule has 1 atom stereocenters. The summed E-state index contributed by atoms with van der Waals surface area (Å²) >= 11 is 0. The fourth-order valence-electron chi connectivity index (χ4n) is 2.85. The number of methoxy groups -OCH3 is 1. The molecule has 1 saturated heterocycles. The highest BCUT2D eigenvalue weighted by atomic mass is 16.5. The molecule has 0 radical (unpaired) electrons. The van der Waals surface area contributed by atoms with Gasteiger partial charge in [0.05, 0.1) is 7.11 Å². The van der Waals surface area contributed by atoms with Crippen LogP contribution in [-0.4, -0.2) is 60.1 Å². The summed E-state index contributed by atoms with van der Waals surface area (Å²) < 4.78 is 5.15. The number of rotatable bonds is 5. The second-order valence-corrected chi connectivity index (χ2v) is 5.96. The van der Waals surface area contributed by atoms with Crippen LogP contribution < -0.4 is 15.0 Å². The van der Waals surface area contributed by atoms with Crippen LogP contribution in [0.15, 0.2) is 42.7 Å². The van der Waals surface area contributed by atoms with Crippen molar-refractivity contribution in [2.75, 3.05) is 43.5 Å². The number of anilines is 2. The molecule has 0 aliphatic carbocycles. The number of carbonyl (C=O) groups is 1. The first-order valence-electron chi connectivity index (χ1n) is 8.38. The van der Waals surface area contributed by atoms with Crippen LogP contribution in [0.4, 0.5) is 11.6 Å². The van der Waals surface area contributed by atoms with Crippen molar-refractivity contribution in [2.24, 2.45) is 0 Å². The van der Waals surface area contributed by atoms with Crippen molar-refractivity contribution in [1.82, 2.24) is 14.9 Å². The molecular formula is C18H23N5O2. The summed E-state index contributed by atoms with van der Waals surface area (Å²) in [4.78, 5) is 25.2. The summed E-state index contributed by atoms with van der Waals surface area (Å²) in [5, 5.41) is 3.25. The predicted molar refractivity (Wildman–Crippen MR) is 96.9 cm³/mol. The summed E-state index contributed by atoms with van der Waals surface area (Å²) in [6, 6.07) is 9.08. The van der Waals surface area contributed by atoms with Gasteiger partial charge < -0.3 is 19.9 Å². The molecule has 1 aliphatic heterocycles. The van der Waals surface area contributed by atoms with Crippen molar-refractivity contribution in [1.29, 1.82) is 0 Å². The second kappa shape index (κ2) is 7.83. The van der Waals surface area contributed by atoms with Gasteiger partial charge in [-0.25, -0.2) is 9.97 Å². The van der Waals surface area contributed by atoms with Crippen molar-refractivity contribution >= 4 is 17.5 Å². The maximum Gasteiger partial charge on any atom is 0.244 e. The second-order valence-electron chi connectivity index (χ2n) is 5.96. The van der Waals surface area contributed by atoms with Crippen molar-refractivity contribution in [2.45, 2.75) is 13.0 Å². The third kappa shape index (κ3) is 4.17. The van der Waals surface area contributed by atoms with E-state index in [4.69, 9.17) is 4.74 Å². The molecule has 2 heterocycles. The SMILES string of the molecule is COc1ccc(NC(C)C(=O)N2CCN(c3ncccn3)CC2)cc1. The largest absolute Gasteiger partial charge is 0.497 e. The van der Waals surface area contributed by atoms with Gasteiger partial charge in [-0.1, -0.05) is 0 Å². The highest BCUT2D eigenvalue weighted by Crippen LogP contribution is 2.17. The molecule has 0 saturated carbocycles. The maximum atomic E-state index is 12.7. The van der Waals surface area contributed by atoms with Gasteiger partial charge >= 0.3 is 0 Å². The quantitative estimate of drug-likeness (QED) is 0.891. The Morgan fingerprint density at radius 3 is 2.36 bits per heavy atom. The molecule has 2 aromatic rings. The minimum atomic E-state index is -0.284. The first kappa shape index (κ1) is 17.0. The molecule has 0 spiro atoms. The highest BCUT2D eigenvalue weighted by molar-refractivity contribution is 5.84. The van der Waals surface area contributed by atoms with E-state index >= 15 is 0 Å². The van der Waals surface area contributed by atoms with Crippen molar-refractivity contribution < 1.29 is 9.53 Å². The third-order valence-electron chi connectivity index (χ3n) is 4.27. The summed E-state index contributed by atoms with van der Waals surface area (Å²) in [6.45, 7) is 4.71. The van der Waals surface area contributed by atoms with E-state index in [0.717, 1.165) is 30.5 Å². The summed E-state index contributed by atoms with van der Waals surface area (Å²) in [5.41, 5.74) is 0.901. The zero-order valence-electron chi connectivity index (χ0n) is 14.6. The first-order valence-corrected chi connectivity index (χ1v) is 8.38. The Hall–Kier alpha value is -2.83. The Kier molecular flexibility index (Phi) is 5.33. The average molecular weight is 341 g/mol. The van der Waals surface area contributed by atoms with Crippen LogP contribution in [0.3, 0.4) is 0 Å². The van der Waals surface area contributed by atoms with Gasteiger partial charge in [0.2, 0.25) is 11.9 Å². The van der Waals surface area contributed by atoms with E-state index in [0.29, 0.717) is 13.1 Å². The van der Waals surface area contributed by atoms with Crippen LogP contribution in [0, 0.1) is 0 Å². The maximum absolute atomic E-state index is 12.7. The number of ether oxygens (including phenoxy) is 1. The van der Waals surface area contributed by atoms with Crippen LogP contribution in [-0.2, 0) is 4.79 Å². The number of nitrogens with one attached hydrogen (secondary N) is 1. The number of nitrogens with zero attached hydrogens (tertiary/aromatic N) is 4. The smallest absolute Gasteiger partial charge is 0.244 e. The van der Waals surface area contributed by atoms with Gasteiger partial charge in [-0.15, -0.1) is 0 Å². The van der Waals surface area contributed by atoms with Gasteiger partial charge in [-0.2, -0.15) is 0 Å². The lowest BCUT2D eigenvalue weighted by atomic mass is 10.2. The first-order chi connectivity index (χ1) is 12.2. The number of hydrogen-bond donors (Lipinski definition) is 1. The van der Waals surface area contributed by atoms with Crippen LogP contribution >= 0.6 is 0 Å².